The second-order valence-corrected chi connectivity index (χ2v) is 5.33. The molecule has 0 N–H and O–H groups in total. The van der Waals surface area contributed by atoms with Crippen LogP contribution in [0.5, 0.6) is 0 Å². The van der Waals surface area contributed by atoms with Crippen molar-refractivity contribution in [2.24, 2.45) is 11.3 Å². The van der Waals surface area contributed by atoms with Gasteiger partial charge in [0, 0.05) is 11.4 Å². The van der Waals surface area contributed by atoms with Gasteiger partial charge in [0.15, 0.2) is 0 Å². The molecule has 1 heterocycles. The third-order valence-corrected chi connectivity index (χ3v) is 4.10. The van der Waals surface area contributed by atoms with Gasteiger partial charge in [-0.25, -0.2) is 9.97 Å². The van der Waals surface area contributed by atoms with Crippen LogP contribution < -0.4 is 0 Å². The lowest BCUT2D eigenvalue weighted by atomic mass is 9.97. The van der Waals surface area contributed by atoms with Crippen LogP contribution in [0.15, 0.2) is 0 Å². The number of hydrogen-bond donors (Lipinski definition) is 0. The average Bonchev–Trinajstić information content (AvgIpc) is 2.48. The zero-order valence-electron chi connectivity index (χ0n) is 9.26. The average molecular weight is 188 g/mol. The topological polar surface area (TPSA) is 25.8 Å². The predicted molar refractivity (Wildman–Crippen MR) is 55.2 cm³/mol. The predicted octanol–water partition coefficient (Wildman–Crippen LogP) is 2.39. The van der Waals surface area contributed by atoms with E-state index in [9.17, 15) is 0 Å². The summed E-state index contributed by atoms with van der Waals surface area (Å²) in [6, 6.07) is 0. The van der Waals surface area contributed by atoms with E-state index < -0.39 is 0 Å². The summed E-state index contributed by atoms with van der Waals surface area (Å²) in [5, 5.41) is 0. The van der Waals surface area contributed by atoms with Crippen molar-refractivity contribution in [3.8, 4) is 0 Å². The second kappa shape index (κ2) is 2.18. The molecule has 2 aliphatic rings. The molecular formula is C12H16N2. The van der Waals surface area contributed by atoms with Gasteiger partial charge in [-0.05, 0) is 43.1 Å². The minimum absolute atomic E-state index is 0.510. The maximum absolute atomic E-state index is 4.55. The Morgan fingerprint density at radius 1 is 1.21 bits per heavy atom. The fourth-order valence-electron chi connectivity index (χ4n) is 3.26. The molecule has 1 saturated carbocycles. The molecule has 0 aliphatic heterocycles. The van der Waals surface area contributed by atoms with Gasteiger partial charge in [0.2, 0.25) is 0 Å². The molecule has 1 aromatic rings. The van der Waals surface area contributed by atoms with E-state index in [-0.39, 0.29) is 0 Å². The monoisotopic (exact) mass is 188 g/mol. The molecule has 0 unspecified atom stereocenters. The summed E-state index contributed by atoms with van der Waals surface area (Å²) in [5.41, 5.74) is 4.51. The zero-order chi connectivity index (χ0) is 10.1. The standard InChI is InChI=1S/C12H16N2/c1-6-10-9(14-7(2)13-6)5-8-11(10)12(8,3)4/h8,11H,5H2,1-4H3/t8-,11-/m1/s1. The molecule has 2 aliphatic carbocycles. The van der Waals surface area contributed by atoms with E-state index in [0.29, 0.717) is 5.41 Å². The number of rotatable bonds is 0. The van der Waals surface area contributed by atoms with Crippen LogP contribution >= 0.6 is 0 Å². The molecule has 2 nitrogen and oxygen atoms in total. The molecule has 0 aromatic carbocycles. The maximum Gasteiger partial charge on any atom is 0.125 e. The highest BCUT2D eigenvalue weighted by atomic mass is 14.9. The van der Waals surface area contributed by atoms with Gasteiger partial charge in [-0.1, -0.05) is 13.8 Å². The van der Waals surface area contributed by atoms with E-state index in [4.69, 9.17) is 0 Å². The zero-order valence-corrected chi connectivity index (χ0v) is 9.26. The first-order valence-corrected chi connectivity index (χ1v) is 5.36. The number of nitrogens with zero attached hydrogens (tertiary/aromatic N) is 2. The molecule has 74 valence electrons. The lowest BCUT2D eigenvalue weighted by Crippen LogP contribution is -2.07. The summed E-state index contributed by atoms with van der Waals surface area (Å²) in [7, 11) is 0. The Hall–Kier alpha value is -0.920. The van der Waals surface area contributed by atoms with Crippen LogP contribution in [0.2, 0.25) is 0 Å². The van der Waals surface area contributed by atoms with Crippen molar-refractivity contribution >= 4 is 0 Å². The smallest absolute Gasteiger partial charge is 0.125 e. The van der Waals surface area contributed by atoms with Crippen molar-refractivity contribution in [3.05, 3.63) is 22.8 Å². The molecule has 3 rings (SSSR count). The Balaban J connectivity index is 2.16. The van der Waals surface area contributed by atoms with Gasteiger partial charge >= 0.3 is 0 Å². The Labute approximate surface area is 84.8 Å². The third-order valence-electron chi connectivity index (χ3n) is 4.10. The summed E-state index contributed by atoms with van der Waals surface area (Å²) in [6.07, 6.45) is 1.18. The maximum atomic E-state index is 4.55. The van der Waals surface area contributed by atoms with Gasteiger partial charge in [0.05, 0.1) is 0 Å². The van der Waals surface area contributed by atoms with Gasteiger partial charge in [-0.3, -0.25) is 0 Å². The number of aromatic nitrogens is 2. The van der Waals surface area contributed by atoms with Gasteiger partial charge in [-0.2, -0.15) is 0 Å². The van der Waals surface area contributed by atoms with E-state index in [1.165, 1.54) is 23.4 Å². The van der Waals surface area contributed by atoms with Gasteiger partial charge in [-0.15, -0.1) is 0 Å². The van der Waals surface area contributed by atoms with Crippen LogP contribution in [-0.4, -0.2) is 9.97 Å². The summed E-state index contributed by atoms with van der Waals surface area (Å²) < 4.78 is 0. The molecule has 1 fully saturated rings. The van der Waals surface area contributed by atoms with Gasteiger partial charge in [0.25, 0.3) is 0 Å². The Morgan fingerprint density at radius 2 is 1.93 bits per heavy atom. The highest BCUT2D eigenvalue weighted by molar-refractivity contribution is 5.44. The summed E-state index contributed by atoms with van der Waals surface area (Å²) in [5.74, 6) is 2.52. The molecule has 0 amide bonds. The van der Waals surface area contributed by atoms with Gasteiger partial charge < -0.3 is 0 Å². The van der Waals surface area contributed by atoms with Gasteiger partial charge in [0.1, 0.15) is 5.82 Å². The molecule has 14 heavy (non-hydrogen) atoms. The minimum atomic E-state index is 0.510. The summed E-state index contributed by atoms with van der Waals surface area (Å²) >= 11 is 0. The Kier molecular flexibility index (Phi) is 1.31. The van der Waals surface area contributed by atoms with Crippen molar-refractivity contribution in [2.75, 3.05) is 0 Å². The first-order valence-electron chi connectivity index (χ1n) is 5.36. The first kappa shape index (κ1) is 8.39. The molecule has 2 atom stereocenters. The van der Waals surface area contributed by atoms with Crippen LogP contribution in [-0.2, 0) is 6.42 Å². The van der Waals surface area contributed by atoms with Crippen LogP contribution in [0.1, 0.15) is 42.5 Å². The van der Waals surface area contributed by atoms with E-state index in [2.05, 4.69) is 30.7 Å². The van der Waals surface area contributed by atoms with Crippen molar-refractivity contribution in [1.82, 2.24) is 9.97 Å². The molecule has 0 saturated heterocycles. The SMILES string of the molecule is Cc1nc(C)c2c(n1)C[C@@H]1[C@H]2C1(C)C. The highest BCUT2D eigenvalue weighted by Gasteiger charge is 2.63. The number of aryl methyl sites for hydroxylation is 2. The normalized spacial score (nSPS) is 31.1. The van der Waals surface area contributed by atoms with Crippen LogP contribution in [0.25, 0.3) is 0 Å². The third kappa shape index (κ3) is 0.819. The minimum Gasteiger partial charge on any atom is -0.238 e. The Morgan fingerprint density at radius 3 is 2.64 bits per heavy atom. The molecule has 2 heteroatoms. The van der Waals surface area contributed by atoms with Crippen molar-refractivity contribution < 1.29 is 0 Å². The van der Waals surface area contributed by atoms with E-state index in [1.54, 1.807) is 0 Å². The lowest BCUT2D eigenvalue weighted by Gasteiger charge is -2.12. The second-order valence-electron chi connectivity index (χ2n) is 5.33. The number of fused-ring (bicyclic) bond motifs is 3. The fourth-order valence-corrected chi connectivity index (χ4v) is 3.26. The first-order chi connectivity index (χ1) is 6.51. The summed E-state index contributed by atoms with van der Waals surface area (Å²) in [6.45, 7) is 8.85. The van der Waals surface area contributed by atoms with Crippen molar-refractivity contribution in [1.29, 1.82) is 0 Å². The molecule has 0 spiro atoms. The fraction of sp³-hybridized carbons (Fsp3) is 0.667. The largest absolute Gasteiger partial charge is 0.238 e. The quantitative estimate of drug-likeness (QED) is 0.624. The van der Waals surface area contributed by atoms with Crippen molar-refractivity contribution in [2.45, 2.75) is 40.0 Å². The summed E-state index contributed by atoms with van der Waals surface area (Å²) in [4.78, 5) is 9.03. The van der Waals surface area contributed by atoms with Crippen LogP contribution in [0, 0.1) is 25.2 Å². The van der Waals surface area contributed by atoms with E-state index >= 15 is 0 Å². The lowest BCUT2D eigenvalue weighted by molar-refractivity contribution is 0.533. The molecule has 0 bridgehead atoms. The molecule has 1 aromatic heterocycles. The van der Waals surface area contributed by atoms with Crippen molar-refractivity contribution in [3.63, 3.8) is 0 Å². The van der Waals surface area contributed by atoms with Crippen LogP contribution in [0.3, 0.4) is 0 Å². The van der Waals surface area contributed by atoms with Crippen LogP contribution in [0.4, 0.5) is 0 Å². The number of hydrogen-bond acceptors (Lipinski definition) is 2. The van der Waals surface area contributed by atoms with E-state index in [0.717, 1.165) is 17.7 Å². The Bertz CT molecular complexity index is 421. The van der Waals surface area contributed by atoms with E-state index in [1.807, 2.05) is 6.92 Å². The molecular weight excluding hydrogens is 172 g/mol. The highest BCUT2D eigenvalue weighted by Crippen LogP contribution is 2.70. The molecule has 0 radical (unpaired) electrons.